The van der Waals surface area contributed by atoms with Gasteiger partial charge in [0.15, 0.2) is 0 Å². The average Bonchev–Trinajstić information content (AvgIpc) is 4.04. The molecule has 0 fully saturated rings. The zero-order valence-corrected chi connectivity index (χ0v) is 33.6. The Labute approximate surface area is 345 Å². The van der Waals surface area contributed by atoms with E-state index in [2.05, 4.69) is 186 Å². The van der Waals surface area contributed by atoms with Crippen molar-refractivity contribution in [3.8, 4) is 22.3 Å². The largest absolute Gasteiger partial charge is 0.293 e. The number of anilines is 6. The molecule has 0 N–H and O–H groups in total. The van der Waals surface area contributed by atoms with E-state index in [1.165, 1.54) is 110 Å². The normalized spacial score (nSPS) is 13.2. The molecule has 57 heavy (non-hydrogen) atoms. The molecule has 0 spiro atoms. The molecule has 0 amide bonds. The average molecular weight is 797 g/mol. The molecule has 266 valence electrons. The van der Waals surface area contributed by atoms with Crippen molar-refractivity contribution in [2.75, 3.05) is 9.80 Å². The maximum absolute atomic E-state index is 2.64. The van der Waals surface area contributed by atoms with Crippen LogP contribution in [0.3, 0.4) is 0 Å². The van der Waals surface area contributed by atoms with Crippen molar-refractivity contribution >= 4 is 140 Å². The lowest BCUT2D eigenvalue weighted by atomic mass is 9.34. The third-order valence-corrected chi connectivity index (χ3v) is 16.4. The van der Waals surface area contributed by atoms with Gasteiger partial charge in [-0.15, -0.1) is 45.3 Å². The van der Waals surface area contributed by atoms with Crippen LogP contribution in [0.4, 0.5) is 31.4 Å². The molecule has 0 saturated heterocycles. The maximum Gasteiger partial charge on any atom is 0.256 e. The number of thiophene rings is 4. The lowest BCUT2D eigenvalue weighted by Crippen LogP contribution is -2.60. The predicted octanol–water partition coefficient (Wildman–Crippen LogP) is 14.0. The molecule has 7 heteroatoms. The van der Waals surface area contributed by atoms with Crippen LogP contribution in [0.2, 0.25) is 0 Å². The highest BCUT2D eigenvalue weighted by Gasteiger charge is 2.48. The quantitative estimate of drug-likeness (QED) is 0.164. The van der Waals surface area contributed by atoms with Gasteiger partial charge in [-0.25, -0.2) is 0 Å². The minimum Gasteiger partial charge on any atom is -0.293 e. The van der Waals surface area contributed by atoms with Gasteiger partial charge in [0.25, 0.3) is 6.71 Å². The molecule has 2 nitrogen and oxygen atoms in total. The molecule has 0 bridgehead atoms. The van der Waals surface area contributed by atoms with Gasteiger partial charge in [-0.3, -0.25) is 9.80 Å². The first-order valence-electron chi connectivity index (χ1n) is 19.2. The van der Waals surface area contributed by atoms with E-state index >= 15 is 0 Å². The van der Waals surface area contributed by atoms with E-state index in [-0.39, 0.29) is 6.71 Å². The van der Waals surface area contributed by atoms with Crippen LogP contribution in [0.25, 0.3) is 62.6 Å². The number of fused-ring (bicyclic) bond motifs is 10. The maximum atomic E-state index is 2.64. The fourth-order valence-corrected chi connectivity index (χ4v) is 14.6. The lowest BCUT2D eigenvalue weighted by molar-refractivity contribution is 1.32. The van der Waals surface area contributed by atoms with Crippen molar-refractivity contribution < 1.29 is 0 Å². The molecule has 2 aliphatic rings. The summed E-state index contributed by atoms with van der Waals surface area (Å²) in [4.78, 5) is 5.28. The molecule has 0 radical (unpaired) electrons. The fraction of sp³-hybridized carbons (Fsp3) is 0. The minimum absolute atomic E-state index is 0.0603. The topological polar surface area (TPSA) is 6.48 Å². The Morgan fingerprint density at radius 2 is 0.649 bits per heavy atom. The van der Waals surface area contributed by atoms with Crippen LogP contribution in [-0.2, 0) is 0 Å². The number of rotatable bonds is 4. The van der Waals surface area contributed by atoms with Gasteiger partial charge in [0.05, 0.1) is 10.0 Å². The van der Waals surface area contributed by atoms with E-state index in [1.807, 2.05) is 45.3 Å². The smallest absolute Gasteiger partial charge is 0.256 e. The highest BCUT2D eigenvalue weighted by molar-refractivity contribution is 7.31. The van der Waals surface area contributed by atoms with Crippen molar-refractivity contribution in [2.24, 2.45) is 0 Å². The molecule has 7 aromatic carbocycles. The zero-order valence-electron chi connectivity index (χ0n) is 30.3. The Kier molecular flexibility index (Phi) is 6.92. The highest BCUT2D eigenvalue weighted by Crippen LogP contribution is 2.57. The number of benzene rings is 7. The standard InChI is InChI=1S/C50H29BN2S4/c1-3-16-30(17-4-1)42-32-20-7-11-26-38(32)54-47(42)52-36-24-15-25-37-46(36)51(44-34-22-9-13-28-40(34)56-49(44)52)45-35-23-10-14-29-41(35)57-50(45)53(37)48-43(31-18-5-2-6-19-31)33-21-8-12-27-39(33)55-48/h1-29H. The first kappa shape index (κ1) is 32.2. The summed E-state index contributed by atoms with van der Waals surface area (Å²) in [6.45, 7) is 0.0603. The van der Waals surface area contributed by atoms with E-state index in [0.717, 1.165) is 0 Å². The van der Waals surface area contributed by atoms with E-state index < -0.39 is 0 Å². The molecule has 0 unspecified atom stereocenters. The van der Waals surface area contributed by atoms with E-state index in [4.69, 9.17) is 0 Å². The van der Waals surface area contributed by atoms with Crippen LogP contribution < -0.4 is 26.2 Å². The zero-order chi connectivity index (χ0) is 37.2. The summed E-state index contributed by atoms with van der Waals surface area (Å²) in [6, 6.07) is 65.2. The Morgan fingerprint density at radius 3 is 1.09 bits per heavy atom. The van der Waals surface area contributed by atoms with Crippen LogP contribution in [0.5, 0.6) is 0 Å². The molecular weight excluding hydrogens is 768 g/mol. The molecule has 2 aliphatic heterocycles. The van der Waals surface area contributed by atoms with Crippen LogP contribution in [0, 0.1) is 0 Å². The fourth-order valence-electron chi connectivity index (χ4n) is 9.42. The van der Waals surface area contributed by atoms with Gasteiger partial charge in [-0.05, 0) is 74.7 Å². The van der Waals surface area contributed by atoms with Gasteiger partial charge in [-0.1, -0.05) is 140 Å². The van der Waals surface area contributed by atoms with Gasteiger partial charge in [0.2, 0.25) is 0 Å². The van der Waals surface area contributed by atoms with Gasteiger partial charge >= 0.3 is 0 Å². The predicted molar refractivity (Wildman–Crippen MR) is 253 cm³/mol. The van der Waals surface area contributed by atoms with Gasteiger partial charge in [0.1, 0.15) is 10.0 Å². The van der Waals surface area contributed by atoms with Crippen LogP contribution in [0.15, 0.2) is 176 Å². The van der Waals surface area contributed by atoms with Crippen LogP contribution in [0.1, 0.15) is 0 Å². The van der Waals surface area contributed by atoms with E-state index in [1.54, 1.807) is 0 Å². The first-order chi connectivity index (χ1) is 28.3. The summed E-state index contributed by atoms with van der Waals surface area (Å²) in [5.41, 5.74) is 11.8. The second-order valence-corrected chi connectivity index (χ2v) is 18.9. The molecule has 4 aromatic heterocycles. The SMILES string of the molecule is c1ccc(-c2c(N3c4cccc5c4B(c4c3sc3ccccc43)c3c(sc4ccccc34)N5c3sc4ccccc4c3-c3ccccc3)sc3ccccc23)cc1. The van der Waals surface area contributed by atoms with E-state index in [0.29, 0.717) is 0 Å². The summed E-state index contributed by atoms with van der Waals surface area (Å²) in [6.07, 6.45) is 0. The molecule has 0 aliphatic carbocycles. The van der Waals surface area contributed by atoms with Crippen molar-refractivity contribution in [2.45, 2.75) is 0 Å². The lowest BCUT2D eigenvalue weighted by Gasteiger charge is -2.41. The molecule has 13 rings (SSSR count). The van der Waals surface area contributed by atoms with Crippen molar-refractivity contribution in [3.05, 3.63) is 176 Å². The first-order valence-corrected chi connectivity index (χ1v) is 22.5. The molecule has 11 aromatic rings. The van der Waals surface area contributed by atoms with Gasteiger partial charge < -0.3 is 0 Å². The summed E-state index contributed by atoms with van der Waals surface area (Å²) in [5.74, 6) is 0. The van der Waals surface area contributed by atoms with E-state index in [9.17, 15) is 0 Å². The third kappa shape index (κ3) is 4.51. The number of hydrogen-bond acceptors (Lipinski definition) is 6. The van der Waals surface area contributed by atoms with Crippen LogP contribution >= 0.6 is 45.3 Å². The van der Waals surface area contributed by atoms with Gasteiger partial charge in [-0.2, -0.15) is 0 Å². The Hall–Kier alpha value is -5.96. The summed E-state index contributed by atoms with van der Waals surface area (Å²) in [7, 11) is 0. The summed E-state index contributed by atoms with van der Waals surface area (Å²) >= 11 is 7.69. The van der Waals surface area contributed by atoms with Crippen LogP contribution in [-0.4, -0.2) is 6.71 Å². The molecule has 6 heterocycles. The van der Waals surface area contributed by atoms with Crippen molar-refractivity contribution in [1.82, 2.24) is 0 Å². The van der Waals surface area contributed by atoms with Gasteiger partial charge in [0, 0.05) is 52.1 Å². The third-order valence-electron chi connectivity index (χ3n) is 11.7. The highest BCUT2D eigenvalue weighted by atomic mass is 32.1. The molecule has 0 atom stereocenters. The van der Waals surface area contributed by atoms with Crippen molar-refractivity contribution in [3.63, 3.8) is 0 Å². The molecule has 0 saturated carbocycles. The Bertz CT molecular complexity index is 3170. The number of nitrogens with zero attached hydrogens (tertiary/aromatic N) is 2. The van der Waals surface area contributed by atoms with Crippen molar-refractivity contribution in [1.29, 1.82) is 0 Å². The second-order valence-electron chi connectivity index (χ2n) is 14.7. The molecular formula is C50H29BN2S4. The monoisotopic (exact) mass is 796 g/mol. The minimum atomic E-state index is 0.0603. The Balaban J connectivity index is 1.18. The Morgan fingerprint density at radius 1 is 0.298 bits per heavy atom. The summed E-state index contributed by atoms with van der Waals surface area (Å²) in [5, 5.41) is 10.4. The summed E-state index contributed by atoms with van der Waals surface area (Å²) < 4.78 is 5.24. The second kappa shape index (κ2) is 12.3. The number of hydrogen-bond donors (Lipinski definition) is 0.